The van der Waals surface area contributed by atoms with E-state index in [4.69, 9.17) is 24.4 Å². The van der Waals surface area contributed by atoms with Crippen molar-refractivity contribution in [2.24, 2.45) is 0 Å². The van der Waals surface area contributed by atoms with Crippen LogP contribution in [-0.4, -0.2) is 31.6 Å². The number of rotatable bonds is 6. The predicted octanol–water partition coefficient (Wildman–Crippen LogP) is 3.80. The minimum atomic E-state index is 0.813. The van der Waals surface area contributed by atoms with Gasteiger partial charge < -0.3 is 10.2 Å². The third-order valence-electron chi connectivity index (χ3n) is 2.32. The van der Waals surface area contributed by atoms with Crippen LogP contribution in [0.4, 0.5) is 5.69 Å². The molecule has 0 fully saturated rings. The topological polar surface area (TPSA) is 15.3 Å². The first-order valence-electron chi connectivity index (χ1n) is 5.88. The third kappa shape index (κ3) is 5.14. The fourth-order valence-corrected chi connectivity index (χ4v) is 1.60. The lowest BCUT2D eigenvalue weighted by molar-refractivity contribution is 0.351. The number of hydrogen-bond acceptors (Lipinski definition) is 4. The zero-order valence-corrected chi connectivity index (χ0v) is 12.3. The summed E-state index contributed by atoms with van der Waals surface area (Å²) in [5.41, 5.74) is 1.05. The second-order valence-electron chi connectivity index (χ2n) is 3.43. The van der Waals surface area contributed by atoms with Crippen LogP contribution in [0, 0.1) is 9.02 Å². The van der Waals surface area contributed by atoms with E-state index >= 15 is 0 Å². The van der Waals surface area contributed by atoms with E-state index in [-0.39, 0.29) is 0 Å². The Morgan fingerprint density at radius 3 is 2.38 bits per heavy atom. The van der Waals surface area contributed by atoms with Gasteiger partial charge in [0, 0.05) is 6.54 Å². The number of nitrogens with one attached hydrogen (secondary N) is 1. The first-order chi connectivity index (χ1) is 7.65. The van der Waals surface area contributed by atoms with Gasteiger partial charge in [0.2, 0.25) is 0 Å². The molecular formula is C12H22N2S2. The SMILES string of the molecule is CC.CCN(C)CCCNc1cc(=S)c1=S. The fraction of sp³-hybridized carbons (Fsp3) is 0.667. The maximum Gasteiger partial charge on any atom is 0.0790 e. The lowest BCUT2D eigenvalue weighted by Gasteiger charge is -2.14. The Kier molecular flexibility index (Phi) is 8.61. The summed E-state index contributed by atoms with van der Waals surface area (Å²) in [6.45, 7) is 9.35. The van der Waals surface area contributed by atoms with E-state index in [2.05, 4.69) is 24.2 Å². The highest BCUT2D eigenvalue weighted by Crippen LogP contribution is 2.16. The maximum absolute atomic E-state index is 5.07. The van der Waals surface area contributed by atoms with Crippen LogP contribution in [0.25, 0.3) is 0 Å². The third-order valence-corrected chi connectivity index (χ3v) is 3.21. The van der Waals surface area contributed by atoms with Crippen LogP contribution >= 0.6 is 24.4 Å². The molecule has 0 amide bonds. The summed E-state index contributed by atoms with van der Waals surface area (Å²) in [6, 6.07) is 1.93. The van der Waals surface area contributed by atoms with Crippen molar-refractivity contribution >= 4 is 30.1 Å². The van der Waals surface area contributed by atoms with Gasteiger partial charge in [0.1, 0.15) is 0 Å². The van der Waals surface area contributed by atoms with Gasteiger partial charge in [-0.3, -0.25) is 0 Å². The van der Waals surface area contributed by atoms with Crippen LogP contribution in [-0.2, 0) is 0 Å². The molecule has 4 heteroatoms. The summed E-state index contributed by atoms with van der Waals surface area (Å²) >= 11 is 10.0. The summed E-state index contributed by atoms with van der Waals surface area (Å²) in [4.78, 5) is 2.29. The first kappa shape index (κ1) is 15.7. The molecular weight excluding hydrogens is 236 g/mol. The van der Waals surface area contributed by atoms with Gasteiger partial charge in [0.05, 0.1) is 14.7 Å². The molecule has 0 aliphatic heterocycles. The van der Waals surface area contributed by atoms with Gasteiger partial charge >= 0.3 is 0 Å². The van der Waals surface area contributed by atoms with Crippen LogP contribution in [0.15, 0.2) is 6.07 Å². The Bertz CT molecular complexity index is 353. The summed E-state index contributed by atoms with van der Waals surface area (Å²) in [5, 5.41) is 3.28. The molecule has 0 heterocycles. The van der Waals surface area contributed by atoms with Gasteiger partial charge in [0.25, 0.3) is 0 Å². The molecule has 1 N–H and O–H groups in total. The smallest absolute Gasteiger partial charge is 0.0790 e. The molecule has 0 spiro atoms. The van der Waals surface area contributed by atoms with Crippen molar-refractivity contribution in [2.75, 3.05) is 32.0 Å². The Hall–Kier alpha value is -0.320. The molecule has 0 aliphatic carbocycles. The highest BCUT2D eigenvalue weighted by atomic mass is 32.1. The summed E-state index contributed by atoms with van der Waals surface area (Å²) < 4.78 is 1.64. The Morgan fingerprint density at radius 1 is 1.31 bits per heavy atom. The van der Waals surface area contributed by atoms with Crippen molar-refractivity contribution in [1.29, 1.82) is 0 Å². The molecule has 0 radical (unpaired) electrons. The summed E-state index contributed by atoms with van der Waals surface area (Å²) in [7, 11) is 2.13. The quantitative estimate of drug-likeness (QED) is 0.616. The van der Waals surface area contributed by atoms with Crippen molar-refractivity contribution < 1.29 is 0 Å². The average Bonchev–Trinajstić information content (AvgIpc) is 2.34. The minimum absolute atomic E-state index is 0.813. The molecule has 0 bridgehead atoms. The average molecular weight is 258 g/mol. The van der Waals surface area contributed by atoms with Crippen molar-refractivity contribution in [1.82, 2.24) is 4.90 Å². The number of nitrogens with zero attached hydrogens (tertiary/aromatic N) is 1. The zero-order chi connectivity index (χ0) is 12.6. The van der Waals surface area contributed by atoms with Gasteiger partial charge in [-0.1, -0.05) is 45.2 Å². The van der Waals surface area contributed by atoms with Crippen LogP contribution in [0.1, 0.15) is 27.2 Å². The van der Waals surface area contributed by atoms with Gasteiger partial charge in [-0.25, -0.2) is 0 Å². The van der Waals surface area contributed by atoms with Gasteiger partial charge in [-0.2, -0.15) is 0 Å². The molecule has 1 aromatic rings. The monoisotopic (exact) mass is 258 g/mol. The Labute approximate surface area is 109 Å². The van der Waals surface area contributed by atoms with E-state index < -0.39 is 0 Å². The van der Waals surface area contributed by atoms with Gasteiger partial charge in [-0.15, -0.1) is 0 Å². The standard InChI is InChI=1S/C10H16N2S2.C2H6/c1-3-12(2)6-4-5-11-8-7-9(13)10(8)14;1-2/h7,11H,3-6H2,1-2H3;1-2H3. The van der Waals surface area contributed by atoms with Crippen molar-refractivity contribution in [3.05, 3.63) is 15.1 Å². The van der Waals surface area contributed by atoms with Gasteiger partial charge in [-0.05, 0) is 32.6 Å². The second-order valence-corrected chi connectivity index (χ2v) is 4.28. The molecule has 2 nitrogen and oxygen atoms in total. The number of anilines is 1. The molecule has 0 saturated carbocycles. The van der Waals surface area contributed by atoms with Crippen LogP contribution in [0.3, 0.4) is 0 Å². The molecule has 0 unspecified atom stereocenters. The molecule has 16 heavy (non-hydrogen) atoms. The first-order valence-corrected chi connectivity index (χ1v) is 6.69. The molecule has 1 aromatic carbocycles. The van der Waals surface area contributed by atoms with Crippen LogP contribution in [0.2, 0.25) is 0 Å². The predicted molar refractivity (Wildman–Crippen MR) is 78.1 cm³/mol. The van der Waals surface area contributed by atoms with Crippen LogP contribution < -0.4 is 5.32 Å². The highest BCUT2D eigenvalue weighted by Gasteiger charge is 2.01. The largest absolute Gasteiger partial charge is 0.384 e. The van der Waals surface area contributed by atoms with E-state index in [1.165, 1.54) is 0 Å². The minimum Gasteiger partial charge on any atom is -0.384 e. The zero-order valence-electron chi connectivity index (χ0n) is 10.7. The Balaban J connectivity index is 0.00000106. The van der Waals surface area contributed by atoms with Crippen LogP contribution in [0.5, 0.6) is 0 Å². The van der Waals surface area contributed by atoms with Crippen molar-refractivity contribution in [3.8, 4) is 0 Å². The molecule has 92 valence electrons. The normalized spacial score (nSPS) is 10.1. The molecule has 1 rings (SSSR count). The molecule has 0 atom stereocenters. The van der Waals surface area contributed by atoms with Gasteiger partial charge in [0.15, 0.2) is 0 Å². The molecule has 0 saturated heterocycles. The Morgan fingerprint density at radius 2 is 1.94 bits per heavy atom. The molecule has 0 aromatic heterocycles. The van der Waals surface area contributed by atoms with E-state index in [1.54, 1.807) is 0 Å². The second kappa shape index (κ2) is 8.79. The maximum atomic E-state index is 5.07. The number of hydrogen-bond donors (Lipinski definition) is 1. The van der Waals surface area contributed by atoms with Crippen molar-refractivity contribution in [3.63, 3.8) is 0 Å². The lowest BCUT2D eigenvalue weighted by atomic mass is 10.3. The van der Waals surface area contributed by atoms with E-state index in [9.17, 15) is 0 Å². The summed E-state index contributed by atoms with van der Waals surface area (Å²) in [5.74, 6) is 0. The molecule has 0 aliphatic rings. The fourth-order valence-electron chi connectivity index (χ4n) is 1.18. The van der Waals surface area contributed by atoms with Crippen molar-refractivity contribution in [2.45, 2.75) is 27.2 Å². The van der Waals surface area contributed by atoms with E-state index in [0.717, 1.165) is 40.8 Å². The lowest BCUT2D eigenvalue weighted by Crippen LogP contribution is -2.21. The van der Waals surface area contributed by atoms with E-state index in [0.29, 0.717) is 0 Å². The highest BCUT2D eigenvalue weighted by molar-refractivity contribution is 7.74. The summed E-state index contributed by atoms with van der Waals surface area (Å²) in [6.07, 6.45) is 1.14. The van der Waals surface area contributed by atoms with E-state index in [1.807, 2.05) is 19.9 Å².